The minimum Gasteiger partial charge on any atom is -0.364 e. The summed E-state index contributed by atoms with van der Waals surface area (Å²) in [4.78, 5) is 9.19. The number of fused-ring (bicyclic) bond motifs is 1. The molecule has 0 aliphatic carbocycles. The fraction of sp³-hybridized carbons (Fsp3) is 0.125. The quantitative estimate of drug-likeness (QED) is 0.713. The third-order valence-electron chi connectivity index (χ3n) is 2.04. The van der Waals surface area contributed by atoms with Gasteiger partial charge in [0.05, 0.1) is 24.4 Å². The molecule has 7 nitrogen and oxygen atoms in total. The van der Waals surface area contributed by atoms with Crippen molar-refractivity contribution in [3.8, 4) is 0 Å². The standard InChI is InChI=1S/C8H7N7S/c1-6(16-5-10-1)2-11-7-3-9-4-8-12-13-14-15(7)8/h1,3-5,11H,2H2. The van der Waals surface area contributed by atoms with Gasteiger partial charge >= 0.3 is 0 Å². The minimum atomic E-state index is 0.620. The molecule has 1 N–H and O–H groups in total. The van der Waals surface area contributed by atoms with E-state index in [1.807, 2.05) is 6.20 Å². The highest BCUT2D eigenvalue weighted by atomic mass is 32.1. The number of thiazole rings is 1. The van der Waals surface area contributed by atoms with Crippen LogP contribution in [-0.2, 0) is 6.54 Å². The fourth-order valence-electron chi connectivity index (χ4n) is 1.30. The molecule has 0 saturated heterocycles. The lowest BCUT2D eigenvalue weighted by molar-refractivity contribution is 0.820. The van der Waals surface area contributed by atoms with Crippen molar-refractivity contribution in [3.63, 3.8) is 0 Å². The van der Waals surface area contributed by atoms with Crippen LogP contribution >= 0.6 is 11.3 Å². The van der Waals surface area contributed by atoms with Crippen molar-refractivity contribution in [1.82, 2.24) is 30.0 Å². The van der Waals surface area contributed by atoms with Gasteiger partial charge in [-0.05, 0) is 10.4 Å². The molecule has 0 bridgehead atoms. The zero-order valence-electron chi connectivity index (χ0n) is 8.11. The number of rotatable bonds is 3. The minimum absolute atomic E-state index is 0.620. The molecule has 16 heavy (non-hydrogen) atoms. The molecule has 0 amide bonds. The summed E-state index contributed by atoms with van der Waals surface area (Å²) in [6, 6.07) is 0. The number of hydrogen-bond donors (Lipinski definition) is 1. The van der Waals surface area contributed by atoms with Gasteiger partial charge in [0.2, 0.25) is 0 Å². The molecule has 0 aliphatic heterocycles. The first-order chi connectivity index (χ1) is 7.93. The Balaban J connectivity index is 1.86. The lowest BCUT2D eigenvalue weighted by atomic mass is 10.5. The third kappa shape index (κ3) is 1.58. The normalized spacial score (nSPS) is 10.8. The second kappa shape index (κ2) is 3.81. The number of hydrogen-bond acceptors (Lipinski definition) is 7. The van der Waals surface area contributed by atoms with Crippen molar-refractivity contribution in [2.45, 2.75) is 6.54 Å². The molecule has 0 spiro atoms. The van der Waals surface area contributed by atoms with Crippen LogP contribution in [0.15, 0.2) is 24.1 Å². The highest BCUT2D eigenvalue weighted by molar-refractivity contribution is 7.09. The van der Waals surface area contributed by atoms with E-state index in [0.717, 1.165) is 10.7 Å². The van der Waals surface area contributed by atoms with Gasteiger partial charge in [-0.1, -0.05) is 0 Å². The summed E-state index contributed by atoms with van der Waals surface area (Å²) in [5.41, 5.74) is 2.42. The molecule has 0 atom stereocenters. The van der Waals surface area contributed by atoms with Gasteiger partial charge in [0, 0.05) is 11.1 Å². The van der Waals surface area contributed by atoms with Gasteiger partial charge in [0.15, 0.2) is 11.5 Å². The maximum Gasteiger partial charge on any atom is 0.199 e. The molecule has 3 rings (SSSR count). The van der Waals surface area contributed by atoms with Crippen LogP contribution in [0.5, 0.6) is 0 Å². The van der Waals surface area contributed by atoms with Crippen molar-refractivity contribution in [1.29, 1.82) is 0 Å². The molecular formula is C8H7N7S. The lowest BCUT2D eigenvalue weighted by Gasteiger charge is -2.04. The maximum absolute atomic E-state index is 4.05. The first-order valence-corrected chi connectivity index (χ1v) is 5.45. The largest absolute Gasteiger partial charge is 0.364 e. The Morgan fingerprint density at radius 1 is 1.25 bits per heavy atom. The molecule has 0 fully saturated rings. The summed E-state index contributed by atoms with van der Waals surface area (Å²) >= 11 is 1.59. The van der Waals surface area contributed by atoms with E-state index in [-0.39, 0.29) is 0 Å². The molecule has 0 aliphatic rings. The molecule has 3 aromatic rings. The molecule has 0 radical (unpaired) electrons. The van der Waals surface area contributed by atoms with Gasteiger partial charge in [-0.15, -0.1) is 16.4 Å². The third-order valence-corrected chi connectivity index (χ3v) is 2.82. The van der Waals surface area contributed by atoms with Crippen LogP contribution < -0.4 is 5.32 Å². The lowest BCUT2D eigenvalue weighted by Crippen LogP contribution is -2.04. The number of nitrogens with zero attached hydrogens (tertiary/aromatic N) is 6. The van der Waals surface area contributed by atoms with Crippen LogP contribution in [0.3, 0.4) is 0 Å². The number of aromatic nitrogens is 6. The summed E-state index contributed by atoms with van der Waals surface area (Å²) in [6.07, 6.45) is 5.12. The van der Waals surface area contributed by atoms with Crippen molar-refractivity contribution in [2.75, 3.05) is 5.32 Å². The Labute approximate surface area is 94.2 Å². The molecule has 0 saturated carbocycles. The zero-order chi connectivity index (χ0) is 10.8. The van der Waals surface area contributed by atoms with E-state index in [4.69, 9.17) is 0 Å². The van der Waals surface area contributed by atoms with Crippen molar-refractivity contribution >= 4 is 22.8 Å². The number of anilines is 1. The van der Waals surface area contributed by atoms with E-state index in [9.17, 15) is 0 Å². The summed E-state index contributed by atoms with van der Waals surface area (Å²) in [6.45, 7) is 0.686. The van der Waals surface area contributed by atoms with Gasteiger partial charge in [-0.2, -0.15) is 4.52 Å². The first-order valence-electron chi connectivity index (χ1n) is 4.57. The number of nitrogens with one attached hydrogen (secondary N) is 1. The summed E-state index contributed by atoms with van der Waals surface area (Å²) < 4.78 is 1.61. The Bertz CT molecular complexity index is 587. The van der Waals surface area contributed by atoms with E-state index >= 15 is 0 Å². The highest BCUT2D eigenvalue weighted by Gasteiger charge is 2.03. The van der Waals surface area contributed by atoms with Crippen LogP contribution in [0, 0.1) is 0 Å². The van der Waals surface area contributed by atoms with E-state index in [2.05, 4.69) is 30.8 Å². The molecule has 8 heteroatoms. The smallest absolute Gasteiger partial charge is 0.199 e. The van der Waals surface area contributed by atoms with Crippen LogP contribution in [0.2, 0.25) is 0 Å². The summed E-state index contributed by atoms with van der Waals surface area (Å²) in [5, 5.41) is 14.5. The van der Waals surface area contributed by atoms with Gasteiger partial charge in [0.25, 0.3) is 0 Å². The Kier molecular flexibility index (Phi) is 2.18. The SMILES string of the molecule is c1ncc(CNc2cncc3nnnn23)s1. The Hall–Kier alpha value is -2.09. The van der Waals surface area contributed by atoms with Gasteiger partial charge in [-0.25, -0.2) is 0 Å². The van der Waals surface area contributed by atoms with Crippen molar-refractivity contribution < 1.29 is 0 Å². The topological polar surface area (TPSA) is 80.9 Å². The maximum atomic E-state index is 4.05. The average Bonchev–Trinajstić information content (AvgIpc) is 2.97. The van der Waals surface area contributed by atoms with Gasteiger partial charge < -0.3 is 5.32 Å². The molecule has 0 aromatic carbocycles. The molecular weight excluding hydrogens is 226 g/mol. The van der Waals surface area contributed by atoms with E-state index in [0.29, 0.717) is 12.2 Å². The average molecular weight is 233 g/mol. The second-order valence-electron chi connectivity index (χ2n) is 3.06. The number of tetrazole rings is 1. The van der Waals surface area contributed by atoms with E-state index < -0.39 is 0 Å². The predicted octanol–water partition coefficient (Wildman–Crippen LogP) is 0.588. The second-order valence-corrected chi connectivity index (χ2v) is 4.03. The summed E-state index contributed by atoms with van der Waals surface area (Å²) in [7, 11) is 0. The highest BCUT2D eigenvalue weighted by Crippen LogP contribution is 2.10. The monoisotopic (exact) mass is 233 g/mol. The van der Waals surface area contributed by atoms with E-state index in [1.54, 1.807) is 33.8 Å². The molecule has 3 heterocycles. The van der Waals surface area contributed by atoms with Crippen molar-refractivity contribution in [3.05, 3.63) is 29.0 Å². The predicted molar refractivity (Wildman–Crippen MR) is 58.0 cm³/mol. The molecule has 3 aromatic heterocycles. The molecule has 0 unspecified atom stereocenters. The first kappa shape index (κ1) is 9.16. The van der Waals surface area contributed by atoms with Crippen LogP contribution in [0.1, 0.15) is 4.88 Å². The zero-order valence-corrected chi connectivity index (χ0v) is 8.92. The van der Waals surface area contributed by atoms with Crippen molar-refractivity contribution in [2.24, 2.45) is 0 Å². The summed E-state index contributed by atoms with van der Waals surface area (Å²) in [5.74, 6) is 0.760. The Morgan fingerprint density at radius 3 is 3.12 bits per heavy atom. The van der Waals surface area contributed by atoms with Gasteiger partial charge in [0.1, 0.15) is 0 Å². The Morgan fingerprint density at radius 2 is 2.25 bits per heavy atom. The van der Waals surface area contributed by atoms with Crippen LogP contribution in [-0.4, -0.2) is 30.0 Å². The van der Waals surface area contributed by atoms with Crippen LogP contribution in [0.4, 0.5) is 5.82 Å². The molecule has 80 valence electrons. The van der Waals surface area contributed by atoms with Crippen LogP contribution in [0.25, 0.3) is 5.65 Å². The fourth-order valence-corrected chi connectivity index (χ4v) is 1.84. The van der Waals surface area contributed by atoms with Gasteiger partial charge in [-0.3, -0.25) is 9.97 Å². The van der Waals surface area contributed by atoms with E-state index in [1.165, 1.54) is 0 Å².